The van der Waals surface area contributed by atoms with E-state index >= 15 is 0 Å². The minimum Gasteiger partial charge on any atom is -0.493 e. The lowest BCUT2D eigenvalue weighted by molar-refractivity contribution is 0.268. The SMILES string of the molecule is [B]c1ccc(C2=N[C@](C)(c3ccc(Cl)cc3)[C@](C)(c3ccc(Cl)cc3)N2)c(OCC)c1. The topological polar surface area (TPSA) is 33.6 Å². The highest BCUT2D eigenvalue weighted by Crippen LogP contribution is 2.48. The molecule has 3 aromatic rings. The monoisotopic (exact) mass is 448 g/mol. The minimum absolute atomic E-state index is 0.534. The lowest BCUT2D eigenvalue weighted by Crippen LogP contribution is -2.50. The van der Waals surface area contributed by atoms with Crippen molar-refractivity contribution in [3.63, 3.8) is 0 Å². The minimum atomic E-state index is -0.619. The Kier molecular flexibility index (Phi) is 5.80. The van der Waals surface area contributed by atoms with E-state index in [1.165, 1.54) is 0 Å². The molecular weight excluding hydrogens is 426 g/mol. The summed E-state index contributed by atoms with van der Waals surface area (Å²) in [5, 5.41) is 5.07. The van der Waals surface area contributed by atoms with Crippen molar-refractivity contribution in [2.45, 2.75) is 31.8 Å². The summed E-state index contributed by atoms with van der Waals surface area (Å²) in [5.74, 6) is 1.45. The fraction of sp³-hybridized carbons (Fsp3) is 0.240. The van der Waals surface area contributed by atoms with Gasteiger partial charge in [0.25, 0.3) is 0 Å². The fourth-order valence-corrected chi connectivity index (χ4v) is 4.37. The number of hydrogen-bond acceptors (Lipinski definition) is 3. The van der Waals surface area contributed by atoms with Crippen LogP contribution in [0.2, 0.25) is 10.0 Å². The molecule has 2 radical (unpaired) electrons. The molecular formula is C25H23BCl2N2O. The smallest absolute Gasteiger partial charge is 0.133 e. The Balaban J connectivity index is 1.90. The molecule has 0 amide bonds. The molecule has 0 aromatic heterocycles. The van der Waals surface area contributed by atoms with Crippen LogP contribution in [0.1, 0.15) is 37.5 Å². The Hall–Kier alpha value is -2.43. The number of nitrogens with zero attached hydrogens (tertiary/aromatic N) is 1. The van der Waals surface area contributed by atoms with Crippen LogP contribution in [0.25, 0.3) is 0 Å². The van der Waals surface area contributed by atoms with Crippen LogP contribution in [0.3, 0.4) is 0 Å². The summed E-state index contributed by atoms with van der Waals surface area (Å²) in [6.07, 6.45) is 0. The largest absolute Gasteiger partial charge is 0.493 e. The lowest BCUT2D eigenvalue weighted by atomic mass is 9.72. The van der Waals surface area contributed by atoms with Gasteiger partial charge in [0.15, 0.2) is 0 Å². The third-order valence-electron chi connectivity index (χ3n) is 6.07. The molecule has 2 atom stereocenters. The number of halogens is 2. The van der Waals surface area contributed by atoms with E-state index < -0.39 is 11.1 Å². The van der Waals surface area contributed by atoms with Crippen molar-refractivity contribution in [3.8, 4) is 5.75 Å². The number of benzene rings is 3. The van der Waals surface area contributed by atoms with E-state index in [1.807, 2.05) is 73.7 Å². The van der Waals surface area contributed by atoms with Crippen molar-refractivity contribution >= 4 is 42.3 Å². The van der Waals surface area contributed by atoms with Gasteiger partial charge in [-0.3, -0.25) is 4.99 Å². The molecule has 0 aliphatic carbocycles. The molecule has 1 aliphatic heterocycles. The van der Waals surface area contributed by atoms with Crippen molar-refractivity contribution in [1.82, 2.24) is 5.32 Å². The van der Waals surface area contributed by atoms with E-state index in [-0.39, 0.29) is 0 Å². The second-order valence-corrected chi connectivity index (χ2v) is 8.86. The van der Waals surface area contributed by atoms with Gasteiger partial charge < -0.3 is 10.1 Å². The van der Waals surface area contributed by atoms with Gasteiger partial charge in [0.1, 0.15) is 25.0 Å². The van der Waals surface area contributed by atoms with Gasteiger partial charge in [0.05, 0.1) is 17.7 Å². The molecule has 1 heterocycles. The molecule has 0 saturated heterocycles. The first kappa shape index (κ1) is 21.8. The number of amidine groups is 1. The maximum atomic E-state index is 6.17. The van der Waals surface area contributed by atoms with Gasteiger partial charge >= 0.3 is 0 Å². The van der Waals surface area contributed by atoms with Crippen molar-refractivity contribution in [1.29, 1.82) is 0 Å². The molecule has 0 unspecified atom stereocenters. The Morgan fingerprint density at radius 3 is 2.06 bits per heavy atom. The quantitative estimate of drug-likeness (QED) is 0.532. The third-order valence-corrected chi connectivity index (χ3v) is 6.57. The third kappa shape index (κ3) is 3.84. The molecule has 3 nitrogen and oxygen atoms in total. The normalized spacial score (nSPS) is 22.7. The van der Waals surface area contributed by atoms with Gasteiger partial charge in [-0.2, -0.15) is 0 Å². The number of ether oxygens (including phenoxy) is 1. The van der Waals surface area contributed by atoms with Gasteiger partial charge in [-0.1, -0.05) is 59.0 Å². The molecule has 0 fully saturated rings. The summed E-state index contributed by atoms with van der Waals surface area (Å²) in [6, 6.07) is 21.4. The van der Waals surface area contributed by atoms with Gasteiger partial charge in [-0.25, -0.2) is 0 Å². The Labute approximate surface area is 194 Å². The van der Waals surface area contributed by atoms with E-state index in [0.29, 0.717) is 27.9 Å². The van der Waals surface area contributed by atoms with Crippen LogP contribution in [0.4, 0.5) is 0 Å². The van der Waals surface area contributed by atoms with Crippen LogP contribution in [0.15, 0.2) is 71.7 Å². The molecule has 1 aliphatic rings. The first-order valence-electron chi connectivity index (χ1n) is 10.2. The predicted octanol–water partition coefficient (Wildman–Crippen LogP) is 5.37. The highest BCUT2D eigenvalue weighted by molar-refractivity contribution is 6.32. The highest BCUT2D eigenvalue weighted by atomic mass is 35.5. The van der Waals surface area contributed by atoms with Crippen LogP contribution >= 0.6 is 23.2 Å². The van der Waals surface area contributed by atoms with Crippen LogP contribution in [0, 0.1) is 0 Å². The van der Waals surface area contributed by atoms with E-state index in [9.17, 15) is 0 Å². The molecule has 31 heavy (non-hydrogen) atoms. The second-order valence-electron chi connectivity index (χ2n) is 7.99. The summed E-state index contributed by atoms with van der Waals surface area (Å²) in [4.78, 5) is 5.22. The second kappa shape index (κ2) is 8.25. The van der Waals surface area contributed by atoms with Gasteiger partial charge in [0.2, 0.25) is 0 Å². The molecule has 3 aromatic carbocycles. The zero-order valence-electron chi connectivity index (χ0n) is 17.7. The summed E-state index contributed by atoms with van der Waals surface area (Å²) in [5.41, 5.74) is 2.46. The maximum absolute atomic E-state index is 6.17. The van der Waals surface area contributed by atoms with E-state index in [4.69, 9.17) is 40.8 Å². The number of rotatable bonds is 5. The fourth-order valence-electron chi connectivity index (χ4n) is 4.12. The van der Waals surface area contributed by atoms with Crippen LogP contribution in [-0.4, -0.2) is 20.3 Å². The number of nitrogens with one attached hydrogen (secondary N) is 1. The summed E-state index contributed by atoms with van der Waals surface area (Å²) >= 11 is 12.3. The van der Waals surface area contributed by atoms with E-state index in [2.05, 4.69) is 19.2 Å². The van der Waals surface area contributed by atoms with Crippen molar-refractivity contribution in [2.75, 3.05) is 6.61 Å². The first-order chi connectivity index (χ1) is 14.8. The van der Waals surface area contributed by atoms with Crippen molar-refractivity contribution in [2.24, 2.45) is 4.99 Å². The van der Waals surface area contributed by atoms with Gasteiger partial charge in [0, 0.05) is 10.0 Å². The molecule has 0 saturated carbocycles. The summed E-state index contributed by atoms with van der Waals surface area (Å²) in [6.45, 7) is 6.76. The van der Waals surface area contributed by atoms with Gasteiger partial charge in [-0.15, -0.1) is 0 Å². The molecule has 6 heteroatoms. The number of aliphatic imine (C=N–C) groups is 1. The Morgan fingerprint density at radius 2 is 1.48 bits per heavy atom. The highest BCUT2D eigenvalue weighted by Gasteiger charge is 2.52. The average molecular weight is 449 g/mol. The van der Waals surface area contributed by atoms with E-state index in [1.54, 1.807) is 0 Å². The zero-order valence-corrected chi connectivity index (χ0v) is 19.3. The maximum Gasteiger partial charge on any atom is 0.133 e. The summed E-state index contributed by atoms with van der Waals surface area (Å²) in [7, 11) is 6.01. The molecule has 156 valence electrons. The Bertz CT molecular complexity index is 1130. The standard InChI is InChI=1S/C25H23BCl2N2O/c1-4-31-22-15-18(26)9-14-21(22)23-29-24(2,16-5-10-19(27)11-6-16)25(3,30-23)17-7-12-20(28)13-8-17/h5-15H,4H2,1-3H3,(H,29,30)/t24-,25+. The molecule has 0 spiro atoms. The molecule has 0 bridgehead atoms. The lowest BCUT2D eigenvalue weighted by Gasteiger charge is -2.40. The van der Waals surface area contributed by atoms with Crippen molar-refractivity contribution in [3.05, 3.63) is 93.5 Å². The summed E-state index contributed by atoms with van der Waals surface area (Å²) < 4.78 is 5.87. The number of hydrogen-bond donors (Lipinski definition) is 1. The zero-order chi connectivity index (χ0) is 22.2. The van der Waals surface area contributed by atoms with Crippen LogP contribution < -0.4 is 15.5 Å². The predicted molar refractivity (Wildman–Crippen MR) is 130 cm³/mol. The van der Waals surface area contributed by atoms with Crippen molar-refractivity contribution < 1.29 is 4.74 Å². The Morgan fingerprint density at radius 1 is 0.903 bits per heavy atom. The van der Waals surface area contributed by atoms with E-state index in [0.717, 1.165) is 22.5 Å². The van der Waals surface area contributed by atoms with Gasteiger partial charge in [-0.05, 0) is 68.3 Å². The molecule has 1 N–H and O–H groups in total. The molecule has 4 rings (SSSR count). The van der Waals surface area contributed by atoms with Crippen LogP contribution in [-0.2, 0) is 11.1 Å². The first-order valence-corrected chi connectivity index (χ1v) is 11.0. The van der Waals surface area contributed by atoms with Crippen LogP contribution in [0.5, 0.6) is 5.75 Å². The average Bonchev–Trinajstić information content (AvgIpc) is 3.02.